The van der Waals surface area contributed by atoms with Gasteiger partial charge >= 0.3 is 0 Å². The van der Waals surface area contributed by atoms with Gasteiger partial charge in [-0.25, -0.2) is 0 Å². The third-order valence-electron chi connectivity index (χ3n) is 5.53. The summed E-state index contributed by atoms with van der Waals surface area (Å²) in [7, 11) is 1.68. The Kier molecular flexibility index (Phi) is 7.45. The molecule has 0 radical (unpaired) electrons. The van der Waals surface area contributed by atoms with Gasteiger partial charge in [-0.05, 0) is 38.3 Å². The fraction of sp³-hybridized carbons (Fsp3) is 0.545. The lowest BCUT2D eigenvalue weighted by molar-refractivity contribution is 0.330. The number of ether oxygens (including phenoxy) is 1. The molecule has 1 saturated carbocycles. The highest BCUT2D eigenvalue weighted by Crippen LogP contribution is 2.33. The highest BCUT2D eigenvalue weighted by atomic mass is 32.2. The summed E-state index contributed by atoms with van der Waals surface area (Å²) in [6, 6.07) is 8.45. The number of methoxy groups -OCH3 is 1. The number of anilines is 1. The number of hydrogen-bond acceptors (Lipinski definition) is 8. The Morgan fingerprint density at radius 2 is 2.10 bits per heavy atom. The molecule has 166 valence electrons. The number of benzene rings is 1. The highest BCUT2D eigenvalue weighted by Gasteiger charge is 2.23. The van der Waals surface area contributed by atoms with E-state index in [1.54, 1.807) is 18.9 Å². The first-order chi connectivity index (χ1) is 15.2. The maximum Gasteiger partial charge on any atom is 0.226 e. The van der Waals surface area contributed by atoms with Crippen LogP contribution in [0, 0.1) is 6.92 Å². The molecule has 1 fully saturated rings. The van der Waals surface area contributed by atoms with Crippen LogP contribution in [0.5, 0.6) is 5.75 Å². The van der Waals surface area contributed by atoms with Crippen molar-refractivity contribution < 1.29 is 9.26 Å². The SMILES string of the molecule is COc1cccc(NCc2nnc(SCCCc3nc(C)no3)n2C2CCCCC2)c1. The molecule has 1 aliphatic rings. The van der Waals surface area contributed by atoms with Gasteiger partial charge in [-0.3, -0.25) is 0 Å². The normalized spacial score (nSPS) is 14.6. The number of aromatic nitrogens is 5. The smallest absolute Gasteiger partial charge is 0.226 e. The van der Waals surface area contributed by atoms with Crippen LogP contribution in [0.3, 0.4) is 0 Å². The van der Waals surface area contributed by atoms with Gasteiger partial charge in [-0.15, -0.1) is 10.2 Å². The first kappa shape index (κ1) is 21.7. The molecule has 0 atom stereocenters. The zero-order valence-electron chi connectivity index (χ0n) is 18.2. The summed E-state index contributed by atoms with van der Waals surface area (Å²) in [5.41, 5.74) is 1.02. The molecule has 0 aliphatic heterocycles. The lowest BCUT2D eigenvalue weighted by Crippen LogP contribution is -2.18. The molecule has 8 nitrogen and oxygen atoms in total. The molecular weight excluding hydrogens is 412 g/mol. The van der Waals surface area contributed by atoms with Crippen LogP contribution in [-0.4, -0.2) is 37.8 Å². The molecule has 2 heterocycles. The van der Waals surface area contributed by atoms with E-state index in [1.165, 1.54) is 32.1 Å². The van der Waals surface area contributed by atoms with Crippen LogP contribution < -0.4 is 10.1 Å². The topological polar surface area (TPSA) is 90.9 Å². The highest BCUT2D eigenvalue weighted by molar-refractivity contribution is 7.99. The van der Waals surface area contributed by atoms with E-state index in [-0.39, 0.29) is 0 Å². The number of nitrogens with one attached hydrogen (secondary N) is 1. The van der Waals surface area contributed by atoms with Crippen molar-refractivity contribution in [2.24, 2.45) is 0 Å². The van der Waals surface area contributed by atoms with Crippen molar-refractivity contribution in [2.75, 3.05) is 18.2 Å². The molecular formula is C22H30N6O2S. The minimum Gasteiger partial charge on any atom is -0.497 e. The largest absolute Gasteiger partial charge is 0.497 e. The van der Waals surface area contributed by atoms with Crippen molar-refractivity contribution in [1.82, 2.24) is 24.9 Å². The number of thioether (sulfide) groups is 1. The van der Waals surface area contributed by atoms with Gasteiger partial charge in [0.05, 0.1) is 13.7 Å². The van der Waals surface area contributed by atoms with E-state index in [1.807, 2.05) is 31.2 Å². The molecule has 4 rings (SSSR count). The summed E-state index contributed by atoms with van der Waals surface area (Å²) in [4.78, 5) is 4.28. The first-order valence-corrected chi connectivity index (χ1v) is 11.9. The second-order valence-corrected chi connectivity index (χ2v) is 8.90. The quantitative estimate of drug-likeness (QED) is 0.353. The Morgan fingerprint density at radius 1 is 1.23 bits per heavy atom. The van der Waals surface area contributed by atoms with Gasteiger partial charge in [0.15, 0.2) is 16.8 Å². The van der Waals surface area contributed by atoms with Gasteiger partial charge in [0, 0.05) is 30.0 Å². The van der Waals surface area contributed by atoms with Crippen molar-refractivity contribution in [2.45, 2.75) is 69.6 Å². The second-order valence-electron chi connectivity index (χ2n) is 7.83. The summed E-state index contributed by atoms with van der Waals surface area (Å²) in [6.07, 6.45) is 8.00. The van der Waals surface area contributed by atoms with E-state index < -0.39 is 0 Å². The van der Waals surface area contributed by atoms with Crippen LogP contribution in [-0.2, 0) is 13.0 Å². The molecule has 9 heteroatoms. The summed E-state index contributed by atoms with van der Waals surface area (Å²) < 4.78 is 12.9. The molecule has 1 aliphatic carbocycles. The Morgan fingerprint density at radius 3 is 2.87 bits per heavy atom. The van der Waals surface area contributed by atoms with Gasteiger partial charge in [0.25, 0.3) is 0 Å². The van der Waals surface area contributed by atoms with E-state index in [4.69, 9.17) is 9.26 Å². The van der Waals surface area contributed by atoms with Crippen molar-refractivity contribution in [1.29, 1.82) is 0 Å². The van der Waals surface area contributed by atoms with Crippen molar-refractivity contribution in [3.63, 3.8) is 0 Å². The average molecular weight is 443 g/mol. The summed E-state index contributed by atoms with van der Waals surface area (Å²) in [6.45, 7) is 2.48. The average Bonchev–Trinajstić information content (AvgIpc) is 3.41. The Labute approximate surface area is 187 Å². The lowest BCUT2D eigenvalue weighted by Gasteiger charge is -2.25. The van der Waals surface area contributed by atoms with E-state index in [9.17, 15) is 0 Å². The minimum atomic E-state index is 0.479. The number of hydrogen-bond donors (Lipinski definition) is 1. The van der Waals surface area contributed by atoms with Crippen LogP contribution in [0.2, 0.25) is 0 Å². The molecule has 0 bridgehead atoms. The number of nitrogens with zero attached hydrogens (tertiary/aromatic N) is 5. The van der Waals surface area contributed by atoms with Crippen molar-refractivity contribution >= 4 is 17.4 Å². The van der Waals surface area contributed by atoms with E-state index >= 15 is 0 Å². The summed E-state index contributed by atoms with van der Waals surface area (Å²) in [5.74, 6) is 4.16. The molecule has 1 N–H and O–H groups in total. The number of rotatable bonds is 10. The van der Waals surface area contributed by atoms with E-state index in [2.05, 4.69) is 30.2 Å². The van der Waals surface area contributed by atoms with Crippen LogP contribution in [0.25, 0.3) is 0 Å². The standard InChI is InChI=1S/C22H30N6O2S/c1-16-24-21(30-27-16)12-7-13-31-22-26-25-20(28(22)18-9-4-3-5-10-18)15-23-17-8-6-11-19(14-17)29-2/h6,8,11,14,18,23H,3-5,7,9-10,12-13,15H2,1-2H3. The fourth-order valence-electron chi connectivity index (χ4n) is 3.97. The first-order valence-electron chi connectivity index (χ1n) is 11.0. The molecule has 0 unspecified atom stereocenters. The second kappa shape index (κ2) is 10.7. The van der Waals surface area contributed by atoms with Gasteiger partial charge in [0.1, 0.15) is 5.75 Å². The van der Waals surface area contributed by atoms with Crippen molar-refractivity contribution in [3.05, 3.63) is 41.8 Å². The maximum absolute atomic E-state index is 5.33. The molecule has 1 aromatic carbocycles. The molecule has 3 aromatic rings. The Hall–Kier alpha value is -2.55. The lowest BCUT2D eigenvalue weighted by atomic mass is 9.95. The van der Waals surface area contributed by atoms with Crippen LogP contribution in [0.4, 0.5) is 5.69 Å². The molecule has 31 heavy (non-hydrogen) atoms. The minimum absolute atomic E-state index is 0.479. The van der Waals surface area contributed by atoms with Crippen LogP contribution in [0.1, 0.15) is 62.1 Å². The molecule has 2 aromatic heterocycles. The zero-order valence-corrected chi connectivity index (χ0v) is 19.0. The van der Waals surface area contributed by atoms with Crippen LogP contribution >= 0.6 is 11.8 Å². The Bertz CT molecular complexity index is 967. The van der Waals surface area contributed by atoms with Gasteiger partial charge in [0.2, 0.25) is 5.89 Å². The maximum atomic E-state index is 5.33. The summed E-state index contributed by atoms with van der Waals surface area (Å²) >= 11 is 1.77. The van der Waals surface area contributed by atoms with Crippen LogP contribution in [0.15, 0.2) is 33.9 Å². The number of aryl methyl sites for hydroxylation is 2. The fourth-order valence-corrected chi connectivity index (χ4v) is 4.94. The zero-order chi connectivity index (χ0) is 21.5. The van der Waals surface area contributed by atoms with Gasteiger partial charge in [-0.1, -0.05) is 42.2 Å². The predicted octanol–water partition coefficient (Wildman–Crippen LogP) is 4.82. The molecule has 0 amide bonds. The molecule has 0 saturated heterocycles. The third kappa shape index (κ3) is 5.78. The summed E-state index contributed by atoms with van der Waals surface area (Å²) in [5, 5.41) is 17.4. The molecule has 0 spiro atoms. The van der Waals surface area contributed by atoms with Gasteiger partial charge in [-0.2, -0.15) is 4.98 Å². The monoisotopic (exact) mass is 442 g/mol. The predicted molar refractivity (Wildman–Crippen MR) is 121 cm³/mol. The van der Waals surface area contributed by atoms with Gasteiger partial charge < -0.3 is 19.1 Å². The third-order valence-corrected chi connectivity index (χ3v) is 6.56. The van der Waals surface area contributed by atoms with E-state index in [0.717, 1.165) is 41.0 Å². The van der Waals surface area contributed by atoms with E-state index in [0.29, 0.717) is 24.3 Å². The Balaban J connectivity index is 1.41. The van der Waals surface area contributed by atoms with Crippen molar-refractivity contribution in [3.8, 4) is 5.75 Å².